The molecule has 0 amide bonds. The number of benzene rings is 1. The van der Waals surface area contributed by atoms with Crippen molar-refractivity contribution in [3.8, 4) is 11.8 Å². The lowest BCUT2D eigenvalue weighted by Gasteiger charge is -2.32. The highest BCUT2D eigenvalue weighted by Crippen LogP contribution is 2.38. The number of alkyl halides is 2. The molecule has 0 aliphatic carbocycles. The maximum absolute atomic E-state index is 13.2. The molecule has 0 atom stereocenters. The fourth-order valence-electron chi connectivity index (χ4n) is 2.03. The van der Waals surface area contributed by atoms with Crippen LogP contribution < -0.4 is 4.74 Å². The van der Waals surface area contributed by atoms with Crippen LogP contribution in [-0.4, -0.2) is 31.5 Å². The zero-order valence-corrected chi connectivity index (χ0v) is 11.4. The van der Waals surface area contributed by atoms with Gasteiger partial charge in [-0.3, -0.25) is 0 Å². The molecule has 1 aliphatic rings. The van der Waals surface area contributed by atoms with Crippen molar-refractivity contribution in [2.75, 3.05) is 20.0 Å². The summed E-state index contributed by atoms with van der Waals surface area (Å²) in [5.41, 5.74) is -1.22. The van der Waals surface area contributed by atoms with Gasteiger partial charge in [0.05, 0.1) is 23.8 Å². The molecule has 1 aromatic carbocycles. The molecule has 0 bridgehead atoms. The Hall–Kier alpha value is -2.42. The zero-order chi connectivity index (χ0) is 15.5. The molecular weight excluding hydrogens is 280 g/mol. The van der Waals surface area contributed by atoms with Crippen LogP contribution in [0, 0.1) is 11.3 Å². The fraction of sp³-hybridized carbons (Fsp3) is 0.333. The molecular formula is C15H13F2NO3. The van der Waals surface area contributed by atoms with Crippen LogP contribution in [0.1, 0.15) is 18.1 Å². The summed E-state index contributed by atoms with van der Waals surface area (Å²) in [7, 11) is 0. The third-order valence-electron chi connectivity index (χ3n) is 3.07. The van der Waals surface area contributed by atoms with Gasteiger partial charge in [-0.15, -0.1) is 0 Å². The Morgan fingerprint density at radius 3 is 2.71 bits per heavy atom. The number of esters is 1. The Bertz CT molecular complexity index is 630. The number of hydrogen-bond acceptors (Lipinski definition) is 4. The first-order valence-corrected chi connectivity index (χ1v) is 6.34. The Kier molecular flexibility index (Phi) is 4.22. The van der Waals surface area contributed by atoms with Gasteiger partial charge in [0.1, 0.15) is 19.1 Å². The SMILES string of the molecule is CCOC(=O)C1=CC(CF)(CF)Oc2ccc(C#N)cc21. The summed E-state index contributed by atoms with van der Waals surface area (Å²) >= 11 is 0. The van der Waals surface area contributed by atoms with E-state index in [4.69, 9.17) is 14.7 Å². The first-order chi connectivity index (χ1) is 10.1. The Balaban J connectivity index is 2.58. The van der Waals surface area contributed by atoms with E-state index in [0.717, 1.165) is 6.08 Å². The van der Waals surface area contributed by atoms with Crippen molar-refractivity contribution < 1.29 is 23.0 Å². The molecule has 110 valence electrons. The second-order valence-corrected chi connectivity index (χ2v) is 4.54. The third-order valence-corrected chi connectivity index (χ3v) is 3.07. The number of hydrogen-bond donors (Lipinski definition) is 0. The minimum atomic E-state index is -1.83. The molecule has 0 N–H and O–H groups in total. The lowest BCUT2D eigenvalue weighted by molar-refractivity contribution is -0.136. The molecule has 4 nitrogen and oxygen atoms in total. The number of carbonyl (C=O) groups is 1. The van der Waals surface area contributed by atoms with Crippen LogP contribution >= 0.6 is 0 Å². The molecule has 0 fully saturated rings. The van der Waals surface area contributed by atoms with E-state index in [1.807, 2.05) is 6.07 Å². The van der Waals surface area contributed by atoms with Crippen molar-refractivity contribution in [1.82, 2.24) is 0 Å². The maximum Gasteiger partial charge on any atom is 0.338 e. The second-order valence-electron chi connectivity index (χ2n) is 4.54. The molecule has 0 saturated heterocycles. The van der Waals surface area contributed by atoms with Crippen LogP contribution in [0.25, 0.3) is 5.57 Å². The van der Waals surface area contributed by atoms with Crippen LogP contribution in [0.2, 0.25) is 0 Å². The molecule has 0 radical (unpaired) electrons. The quantitative estimate of drug-likeness (QED) is 0.801. The van der Waals surface area contributed by atoms with Gasteiger partial charge in [0.25, 0.3) is 0 Å². The molecule has 0 unspecified atom stereocenters. The van der Waals surface area contributed by atoms with Crippen LogP contribution in [0.3, 0.4) is 0 Å². The van der Waals surface area contributed by atoms with Crippen molar-refractivity contribution in [1.29, 1.82) is 5.26 Å². The Labute approximate surface area is 120 Å². The summed E-state index contributed by atoms with van der Waals surface area (Å²) in [5.74, 6) is -0.557. The molecule has 1 heterocycles. The molecule has 1 aliphatic heterocycles. The number of rotatable bonds is 4. The molecule has 21 heavy (non-hydrogen) atoms. The number of ether oxygens (including phenoxy) is 2. The van der Waals surface area contributed by atoms with Gasteiger partial charge >= 0.3 is 5.97 Å². The van der Waals surface area contributed by atoms with Crippen molar-refractivity contribution in [3.63, 3.8) is 0 Å². The maximum atomic E-state index is 13.2. The van der Waals surface area contributed by atoms with E-state index >= 15 is 0 Å². The molecule has 0 spiro atoms. The van der Waals surface area contributed by atoms with E-state index in [9.17, 15) is 13.6 Å². The largest absolute Gasteiger partial charge is 0.477 e. The molecule has 0 saturated carbocycles. The number of nitriles is 1. The molecule has 6 heteroatoms. The predicted molar refractivity (Wildman–Crippen MR) is 71.1 cm³/mol. The van der Waals surface area contributed by atoms with Crippen molar-refractivity contribution >= 4 is 11.5 Å². The summed E-state index contributed by atoms with van der Waals surface area (Å²) in [6.45, 7) is -0.484. The normalized spacial score (nSPS) is 15.2. The summed E-state index contributed by atoms with van der Waals surface area (Å²) in [4.78, 5) is 12.0. The first kappa shape index (κ1) is 15.0. The third kappa shape index (κ3) is 2.72. The minimum Gasteiger partial charge on any atom is -0.477 e. The summed E-state index contributed by atoms with van der Waals surface area (Å²) in [6, 6.07) is 6.23. The van der Waals surface area contributed by atoms with Crippen molar-refractivity contribution in [2.24, 2.45) is 0 Å². The van der Waals surface area contributed by atoms with Gasteiger partial charge in [-0.2, -0.15) is 5.26 Å². The second kappa shape index (κ2) is 5.92. The summed E-state index contributed by atoms with van der Waals surface area (Å²) < 4.78 is 36.6. The predicted octanol–water partition coefficient (Wildman–Crippen LogP) is 2.57. The monoisotopic (exact) mass is 293 g/mol. The highest BCUT2D eigenvalue weighted by molar-refractivity contribution is 6.18. The van der Waals surface area contributed by atoms with E-state index in [1.165, 1.54) is 18.2 Å². The lowest BCUT2D eigenvalue weighted by atomic mass is 9.93. The van der Waals surface area contributed by atoms with E-state index in [0.29, 0.717) is 11.1 Å². The van der Waals surface area contributed by atoms with Crippen LogP contribution in [0.15, 0.2) is 24.3 Å². The smallest absolute Gasteiger partial charge is 0.338 e. The van der Waals surface area contributed by atoms with Gasteiger partial charge < -0.3 is 9.47 Å². The molecule has 2 rings (SSSR count). The van der Waals surface area contributed by atoms with Gasteiger partial charge in [-0.25, -0.2) is 13.6 Å². The fourth-order valence-corrected chi connectivity index (χ4v) is 2.03. The number of carbonyl (C=O) groups excluding carboxylic acids is 1. The summed E-state index contributed by atoms with van der Waals surface area (Å²) in [5, 5.41) is 8.92. The molecule has 1 aromatic rings. The lowest BCUT2D eigenvalue weighted by Crippen LogP contribution is -2.42. The van der Waals surface area contributed by atoms with Gasteiger partial charge in [0.15, 0.2) is 5.60 Å². The highest BCUT2D eigenvalue weighted by Gasteiger charge is 2.38. The Morgan fingerprint density at radius 1 is 1.43 bits per heavy atom. The van der Waals surface area contributed by atoms with E-state index < -0.39 is 24.9 Å². The number of halogens is 2. The van der Waals surface area contributed by atoms with Crippen molar-refractivity contribution in [3.05, 3.63) is 35.4 Å². The van der Waals surface area contributed by atoms with Gasteiger partial charge in [-0.05, 0) is 31.2 Å². The highest BCUT2D eigenvalue weighted by atomic mass is 19.1. The minimum absolute atomic E-state index is 0.00509. The van der Waals surface area contributed by atoms with Gasteiger partial charge in [-0.1, -0.05) is 0 Å². The van der Waals surface area contributed by atoms with E-state index in [1.54, 1.807) is 6.92 Å². The van der Waals surface area contributed by atoms with Gasteiger partial charge in [0, 0.05) is 5.56 Å². The summed E-state index contributed by atoms with van der Waals surface area (Å²) in [6.07, 6.45) is 1.09. The molecule has 0 aromatic heterocycles. The number of fused-ring (bicyclic) bond motifs is 1. The average Bonchev–Trinajstić information content (AvgIpc) is 2.53. The van der Waals surface area contributed by atoms with Crippen LogP contribution in [-0.2, 0) is 9.53 Å². The standard InChI is InChI=1S/C15H13F2NO3/c1-2-20-14(19)12-6-15(8-16,9-17)21-13-4-3-10(7-18)5-11(12)13/h3-6H,2,8-9H2,1H3. The van der Waals surface area contributed by atoms with Gasteiger partial charge in [0.2, 0.25) is 0 Å². The van der Waals surface area contributed by atoms with E-state index in [-0.39, 0.29) is 17.9 Å². The first-order valence-electron chi connectivity index (χ1n) is 6.34. The van der Waals surface area contributed by atoms with Crippen LogP contribution in [0.4, 0.5) is 8.78 Å². The van der Waals surface area contributed by atoms with Crippen LogP contribution in [0.5, 0.6) is 5.75 Å². The topological polar surface area (TPSA) is 59.3 Å². The number of nitrogens with zero attached hydrogens (tertiary/aromatic N) is 1. The van der Waals surface area contributed by atoms with E-state index in [2.05, 4.69) is 0 Å². The average molecular weight is 293 g/mol. The zero-order valence-electron chi connectivity index (χ0n) is 11.4. The Morgan fingerprint density at radius 2 is 2.14 bits per heavy atom. The van der Waals surface area contributed by atoms with Crippen molar-refractivity contribution in [2.45, 2.75) is 12.5 Å².